The summed E-state index contributed by atoms with van der Waals surface area (Å²) in [7, 11) is 1.65. The Balaban J connectivity index is 2.17. The van der Waals surface area contributed by atoms with Crippen molar-refractivity contribution < 1.29 is 4.74 Å². The van der Waals surface area contributed by atoms with Crippen LogP contribution in [0.5, 0.6) is 0 Å². The van der Waals surface area contributed by atoms with Gasteiger partial charge in [-0.3, -0.25) is 0 Å². The minimum atomic E-state index is 0.0731. The minimum absolute atomic E-state index is 0.0731. The van der Waals surface area contributed by atoms with Crippen LogP contribution >= 0.6 is 23.3 Å². The van der Waals surface area contributed by atoms with Crippen LogP contribution in [0, 0.1) is 0 Å². The predicted octanol–water partition coefficient (Wildman–Crippen LogP) is 0.604. The molecule has 1 unspecified atom stereocenters. The number of nitrogens with zero attached hydrogens (tertiary/aromatic N) is 2. The quantitative estimate of drug-likeness (QED) is 0.713. The first kappa shape index (κ1) is 9.91. The van der Waals surface area contributed by atoms with Gasteiger partial charge in [-0.25, -0.2) is 4.98 Å². The summed E-state index contributed by atoms with van der Waals surface area (Å²) in [5.74, 6) is 0.822. The van der Waals surface area contributed by atoms with Gasteiger partial charge in [0.2, 0.25) is 0 Å². The van der Waals surface area contributed by atoms with Crippen LogP contribution in [-0.2, 0) is 4.74 Å². The lowest BCUT2D eigenvalue weighted by Gasteiger charge is -2.07. The van der Waals surface area contributed by atoms with Gasteiger partial charge in [-0.05, 0) is 11.5 Å². The lowest BCUT2D eigenvalue weighted by molar-refractivity contribution is 0.186. The van der Waals surface area contributed by atoms with Gasteiger partial charge in [-0.15, -0.1) is 0 Å². The molecule has 1 rings (SSSR count). The molecule has 0 amide bonds. The Morgan fingerprint density at radius 2 is 2.67 bits per heavy atom. The highest BCUT2D eigenvalue weighted by atomic mass is 32.2. The van der Waals surface area contributed by atoms with Gasteiger partial charge < -0.3 is 10.5 Å². The number of aromatic nitrogens is 2. The zero-order valence-electron chi connectivity index (χ0n) is 6.77. The van der Waals surface area contributed by atoms with Crippen LogP contribution < -0.4 is 5.73 Å². The molecule has 4 nitrogen and oxygen atoms in total. The van der Waals surface area contributed by atoms with E-state index in [2.05, 4.69) is 9.36 Å². The lowest BCUT2D eigenvalue weighted by Crippen LogP contribution is -2.27. The molecule has 0 saturated carbocycles. The third kappa shape index (κ3) is 3.48. The van der Waals surface area contributed by atoms with Crippen LogP contribution in [0.3, 0.4) is 0 Å². The molecule has 0 aliphatic carbocycles. The van der Waals surface area contributed by atoms with E-state index in [4.69, 9.17) is 10.5 Å². The molecule has 0 saturated heterocycles. The second-order valence-corrected chi connectivity index (χ2v) is 4.28. The van der Waals surface area contributed by atoms with Crippen molar-refractivity contribution in [2.75, 3.05) is 19.5 Å². The van der Waals surface area contributed by atoms with Crippen LogP contribution in [-0.4, -0.2) is 34.9 Å². The van der Waals surface area contributed by atoms with Gasteiger partial charge in [-0.2, -0.15) is 4.37 Å². The van der Waals surface area contributed by atoms with E-state index in [0.717, 1.165) is 10.1 Å². The van der Waals surface area contributed by atoms with Crippen LogP contribution in [0.15, 0.2) is 10.7 Å². The third-order valence-electron chi connectivity index (χ3n) is 1.14. The highest BCUT2D eigenvalue weighted by Crippen LogP contribution is 2.18. The summed E-state index contributed by atoms with van der Waals surface area (Å²) in [6.07, 6.45) is 1.55. The van der Waals surface area contributed by atoms with E-state index in [-0.39, 0.29) is 6.04 Å². The van der Waals surface area contributed by atoms with E-state index >= 15 is 0 Å². The van der Waals surface area contributed by atoms with Crippen molar-refractivity contribution in [3.05, 3.63) is 6.33 Å². The van der Waals surface area contributed by atoms with E-state index in [1.165, 1.54) is 11.5 Å². The Bertz CT molecular complexity index is 205. The average molecular weight is 205 g/mol. The Morgan fingerprint density at radius 1 is 1.83 bits per heavy atom. The fraction of sp³-hybridized carbons (Fsp3) is 0.667. The molecular formula is C6H11N3OS2. The topological polar surface area (TPSA) is 61.0 Å². The lowest BCUT2D eigenvalue weighted by atomic mass is 10.4. The van der Waals surface area contributed by atoms with Crippen molar-refractivity contribution in [2.24, 2.45) is 5.73 Å². The highest BCUT2D eigenvalue weighted by Gasteiger charge is 2.04. The highest BCUT2D eigenvalue weighted by molar-refractivity contribution is 8.00. The van der Waals surface area contributed by atoms with Crippen molar-refractivity contribution in [1.82, 2.24) is 9.36 Å². The Morgan fingerprint density at radius 3 is 3.25 bits per heavy atom. The maximum atomic E-state index is 5.71. The summed E-state index contributed by atoms with van der Waals surface area (Å²) in [4.78, 5) is 4.02. The second-order valence-electron chi connectivity index (χ2n) is 2.23. The molecular weight excluding hydrogens is 194 g/mol. The molecule has 1 aromatic heterocycles. The average Bonchev–Trinajstić information content (AvgIpc) is 2.53. The first-order valence-electron chi connectivity index (χ1n) is 3.47. The van der Waals surface area contributed by atoms with Crippen LogP contribution in [0.25, 0.3) is 0 Å². The fourth-order valence-corrected chi connectivity index (χ4v) is 2.06. The van der Waals surface area contributed by atoms with Crippen molar-refractivity contribution in [3.63, 3.8) is 0 Å². The molecule has 1 aromatic rings. The molecule has 6 heteroatoms. The molecule has 1 atom stereocenters. The molecule has 12 heavy (non-hydrogen) atoms. The molecule has 0 aliphatic rings. The number of nitrogens with two attached hydrogens (primary N) is 1. The van der Waals surface area contributed by atoms with Gasteiger partial charge >= 0.3 is 0 Å². The molecule has 0 spiro atoms. The monoisotopic (exact) mass is 205 g/mol. The van der Waals surface area contributed by atoms with E-state index in [1.807, 2.05) is 0 Å². The van der Waals surface area contributed by atoms with Gasteiger partial charge in [0, 0.05) is 18.9 Å². The fourth-order valence-electron chi connectivity index (χ4n) is 0.667. The molecule has 68 valence electrons. The summed E-state index contributed by atoms with van der Waals surface area (Å²) < 4.78 is 9.75. The number of rotatable bonds is 5. The van der Waals surface area contributed by atoms with Gasteiger partial charge in [0.05, 0.1) is 6.61 Å². The molecule has 0 aliphatic heterocycles. The second kappa shape index (κ2) is 5.47. The van der Waals surface area contributed by atoms with E-state index in [0.29, 0.717) is 6.61 Å². The Kier molecular flexibility index (Phi) is 4.52. The summed E-state index contributed by atoms with van der Waals surface area (Å²) in [5, 5.41) is 0. The van der Waals surface area contributed by atoms with Crippen molar-refractivity contribution >= 4 is 23.3 Å². The SMILES string of the molecule is COCC(N)CSc1ncns1. The third-order valence-corrected chi connectivity index (χ3v) is 3.13. The Labute approximate surface area is 79.7 Å². The largest absolute Gasteiger partial charge is 0.383 e. The van der Waals surface area contributed by atoms with E-state index < -0.39 is 0 Å². The number of thioether (sulfide) groups is 1. The van der Waals surface area contributed by atoms with Crippen molar-refractivity contribution in [1.29, 1.82) is 0 Å². The standard InChI is InChI=1S/C6H11N3OS2/c1-10-2-5(7)3-11-6-8-4-9-12-6/h4-5H,2-3,7H2,1H3. The summed E-state index contributed by atoms with van der Waals surface area (Å²) in [6, 6.07) is 0.0731. The van der Waals surface area contributed by atoms with E-state index in [1.54, 1.807) is 25.2 Å². The van der Waals surface area contributed by atoms with Gasteiger partial charge in [0.15, 0.2) is 4.34 Å². The zero-order valence-corrected chi connectivity index (χ0v) is 8.40. The van der Waals surface area contributed by atoms with Crippen molar-refractivity contribution in [2.45, 2.75) is 10.4 Å². The summed E-state index contributed by atoms with van der Waals surface area (Å²) >= 11 is 3.00. The first-order chi connectivity index (χ1) is 5.83. The normalized spacial score (nSPS) is 13.2. The maximum Gasteiger partial charge on any atom is 0.169 e. The van der Waals surface area contributed by atoms with Crippen LogP contribution in [0.1, 0.15) is 0 Å². The molecule has 0 radical (unpaired) electrons. The number of ether oxygens (including phenoxy) is 1. The minimum Gasteiger partial charge on any atom is -0.383 e. The number of hydrogen-bond donors (Lipinski definition) is 1. The summed E-state index contributed by atoms with van der Waals surface area (Å²) in [5.41, 5.74) is 5.71. The van der Waals surface area contributed by atoms with Gasteiger partial charge in [-0.1, -0.05) is 11.8 Å². The molecule has 1 heterocycles. The molecule has 2 N–H and O–H groups in total. The summed E-state index contributed by atoms with van der Waals surface area (Å²) in [6.45, 7) is 0.589. The molecule has 0 fully saturated rings. The van der Waals surface area contributed by atoms with Gasteiger partial charge in [0.1, 0.15) is 6.33 Å². The molecule has 0 bridgehead atoms. The van der Waals surface area contributed by atoms with Crippen molar-refractivity contribution in [3.8, 4) is 0 Å². The van der Waals surface area contributed by atoms with E-state index in [9.17, 15) is 0 Å². The predicted molar refractivity (Wildman–Crippen MR) is 50.5 cm³/mol. The van der Waals surface area contributed by atoms with Crippen LogP contribution in [0.4, 0.5) is 0 Å². The number of hydrogen-bond acceptors (Lipinski definition) is 6. The van der Waals surface area contributed by atoms with Gasteiger partial charge in [0.25, 0.3) is 0 Å². The first-order valence-corrected chi connectivity index (χ1v) is 5.23. The zero-order chi connectivity index (χ0) is 8.81. The maximum absolute atomic E-state index is 5.71. The molecule has 0 aromatic carbocycles. The smallest absolute Gasteiger partial charge is 0.169 e. The number of methoxy groups -OCH3 is 1. The van der Waals surface area contributed by atoms with Crippen LogP contribution in [0.2, 0.25) is 0 Å². The Hall–Kier alpha value is -0.170.